The highest BCUT2D eigenvalue weighted by Gasteiger charge is 2.36. The molecule has 4 aromatic carbocycles. The number of hydrogen-bond acceptors (Lipinski definition) is 4. The van der Waals surface area contributed by atoms with E-state index >= 15 is 0 Å². The summed E-state index contributed by atoms with van der Waals surface area (Å²) in [5.41, 5.74) is 2.42. The monoisotopic (exact) mass is 617 g/mol. The smallest absolute Gasteiger partial charge is 0.265 e. The van der Waals surface area contributed by atoms with Gasteiger partial charge in [-0.3, -0.25) is 13.9 Å². The van der Waals surface area contributed by atoms with Gasteiger partial charge in [0.05, 0.1) is 10.6 Å². The lowest BCUT2D eigenvalue weighted by molar-refractivity contribution is -0.141. The molecule has 1 heterocycles. The maximum Gasteiger partial charge on any atom is 0.265 e. The van der Waals surface area contributed by atoms with Gasteiger partial charge >= 0.3 is 0 Å². The highest BCUT2D eigenvalue weighted by atomic mass is 35.5. The van der Waals surface area contributed by atoms with Crippen LogP contribution in [0.5, 0.6) is 0 Å². The molecular formula is C34H36ClN3O4S. The van der Waals surface area contributed by atoms with Crippen molar-refractivity contribution in [2.24, 2.45) is 0 Å². The highest BCUT2D eigenvalue weighted by molar-refractivity contribution is 7.93. The molecule has 4 aromatic rings. The van der Waals surface area contributed by atoms with Crippen LogP contribution in [0.2, 0.25) is 5.02 Å². The van der Waals surface area contributed by atoms with E-state index in [1.807, 2.05) is 74.5 Å². The lowest BCUT2D eigenvalue weighted by Gasteiger charge is -2.32. The van der Waals surface area contributed by atoms with Crippen molar-refractivity contribution in [2.75, 3.05) is 10.8 Å². The Balaban J connectivity index is 1.40. The van der Waals surface area contributed by atoms with E-state index in [-0.39, 0.29) is 37.4 Å². The van der Waals surface area contributed by atoms with Crippen LogP contribution in [0, 0.1) is 0 Å². The normalized spacial score (nSPS) is 14.8. The molecule has 9 heteroatoms. The topological polar surface area (TPSA) is 86.8 Å². The van der Waals surface area contributed by atoms with Crippen LogP contribution in [0.4, 0.5) is 5.69 Å². The molecule has 0 radical (unpaired) electrons. The Morgan fingerprint density at radius 1 is 0.907 bits per heavy atom. The molecule has 1 aliphatic heterocycles. The molecule has 0 aromatic heterocycles. The molecular weight excluding hydrogens is 582 g/mol. The largest absolute Gasteiger partial charge is 0.352 e. The van der Waals surface area contributed by atoms with Crippen molar-refractivity contribution in [1.82, 2.24) is 10.2 Å². The summed E-state index contributed by atoms with van der Waals surface area (Å²) >= 11 is 6.12. The minimum atomic E-state index is -3.72. The fourth-order valence-electron chi connectivity index (χ4n) is 5.50. The molecule has 0 unspecified atom stereocenters. The van der Waals surface area contributed by atoms with Crippen LogP contribution in [0.3, 0.4) is 0 Å². The summed E-state index contributed by atoms with van der Waals surface area (Å²) in [5, 5.41) is 5.23. The van der Waals surface area contributed by atoms with E-state index in [4.69, 9.17) is 11.6 Å². The molecule has 2 atom stereocenters. The van der Waals surface area contributed by atoms with Gasteiger partial charge in [-0.2, -0.15) is 0 Å². The van der Waals surface area contributed by atoms with Crippen LogP contribution in [0.1, 0.15) is 44.2 Å². The minimum absolute atomic E-state index is 0.0528. The van der Waals surface area contributed by atoms with E-state index in [9.17, 15) is 18.0 Å². The third-order valence-corrected chi connectivity index (χ3v) is 10.1. The summed E-state index contributed by atoms with van der Waals surface area (Å²) in [5.74, 6) is -0.438. The predicted octanol–water partition coefficient (Wildman–Crippen LogP) is 6.34. The summed E-state index contributed by atoms with van der Waals surface area (Å²) in [4.78, 5) is 29.6. The average molecular weight is 618 g/mol. The van der Waals surface area contributed by atoms with Crippen LogP contribution in [-0.2, 0) is 32.6 Å². The lowest BCUT2D eigenvalue weighted by Crippen LogP contribution is -2.52. The number of carbonyl (C=O) groups excluding carboxylic acids is 2. The van der Waals surface area contributed by atoms with E-state index in [1.165, 1.54) is 4.31 Å². The van der Waals surface area contributed by atoms with E-state index in [0.717, 1.165) is 22.9 Å². The number of nitrogens with zero attached hydrogens (tertiary/aromatic N) is 2. The molecule has 2 amide bonds. The molecule has 7 nitrogen and oxygen atoms in total. The van der Waals surface area contributed by atoms with Gasteiger partial charge in [0, 0.05) is 42.4 Å². The van der Waals surface area contributed by atoms with Crippen LogP contribution in [0.25, 0.3) is 10.8 Å². The first-order valence-electron chi connectivity index (χ1n) is 14.6. The quantitative estimate of drug-likeness (QED) is 0.201. The van der Waals surface area contributed by atoms with Gasteiger partial charge in [0.25, 0.3) is 10.0 Å². The number of rotatable bonds is 12. The number of nitrogens with one attached hydrogen (secondary N) is 1. The number of amides is 2. The van der Waals surface area contributed by atoms with Gasteiger partial charge in [0.15, 0.2) is 0 Å². The zero-order chi connectivity index (χ0) is 30.6. The van der Waals surface area contributed by atoms with E-state index in [2.05, 4.69) is 5.32 Å². The Morgan fingerprint density at radius 3 is 2.30 bits per heavy atom. The number of hydrogen-bond donors (Lipinski definition) is 1. The number of benzene rings is 4. The SMILES string of the molecule is CC[C@@H](C)NC(=O)[C@H](Cc1ccccc1)N(Cc1ccc(Cl)cc1)C(=O)CCCN1c2cccc3cccc(c23)S1(=O)=O. The first-order chi connectivity index (χ1) is 20.7. The van der Waals surface area contributed by atoms with Crippen molar-refractivity contribution in [3.8, 4) is 0 Å². The van der Waals surface area contributed by atoms with Crippen LogP contribution >= 0.6 is 11.6 Å². The molecule has 0 saturated heterocycles. The zero-order valence-corrected chi connectivity index (χ0v) is 25.9. The van der Waals surface area contributed by atoms with Crippen LogP contribution in [0.15, 0.2) is 95.9 Å². The van der Waals surface area contributed by atoms with E-state index < -0.39 is 16.1 Å². The van der Waals surface area contributed by atoms with Crippen molar-refractivity contribution in [3.05, 3.63) is 107 Å². The molecule has 0 fully saturated rings. The molecule has 0 spiro atoms. The van der Waals surface area contributed by atoms with Crippen LogP contribution in [-0.4, -0.2) is 43.8 Å². The predicted molar refractivity (Wildman–Crippen MR) is 172 cm³/mol. The highest BCUT2D eigenvalue weighted by Crippen LogP contribution is 2.42. The maximum absolute atomic E-state index is 14.0. The van der Waals surface area contributed by atoms with E-state index in [0.29, 0.717) is 33.8 Å². The molecule has 0 aliphatic carbocycles. The Morgan fingerprint density at radius 2 is 1.60 bits per heavy atom. The Labute approximate surface area is 258 Å². The molecule has 224 valence electrons. The van der Waals surface area contributed by atoms with Gasteiger partial charge in [-0.15, -0.1) is 0 Å². The van der Waals surface area contributed by atoms with E-state index in [1.54, 1.807) is 35.2 Å². The second-order valence-corrected chi connectivity index (χ2v) is 13.3. The fourth-order valence-corrected chi connectivity index (χ4v) is 7.37. The number of anilines is 1. The van der Waals surface area contributed by atoms with Crippen molar-refractivity contribution in [1.29, 1.82) is 0 Å². The minimum Gasteiger partial charge on any atom is -0.352 e. The molecule has 0 bridgehead atoms. The summed E-state index contributed by atoms with van der Waals surface area (Å²) in [7, 11) is -3.72. The first-order valence-corrected chi connectivity index (χ1v) is 16.4. The summed E-state index contributed by atoms with van der Waals surface area (Å²) in [6.07, 6.45) is 1.48. The Hall–Kier alpha value is -3.88. The summed E-state index contributed by atoms with van der Waals surface area (Å²) in [6, 6.07) is 26.9. The first kappa shape index (κ1) is 30.6. The van der Waals surface area contributed by atoms with Crippen molar-refractivity contribution in [2.45, 2.75) is 63.1 Å². The van der Waals surface area contributed by atoms with Gasteiger partial charge in [-0.1, -0.05) is 85.3 Å². The molecule has 0 saturated carbocycles. The number of sulfonamides is 1. The van der Waals surface area contributed by atoms with Gasteiger partial charge < -0.3 is 10.2 Å². The fraction of sp³-hybridized carbons (Fsp3) is 0.294. The number of carbonyl (C=O) groups is 2. The Bertz CT molecular complexity index is 1710. The third kappa shape index (κ3) is 6.71. The molecule has 43 heavy (non-hydrogen) atoms. The molecule has 1 aliphatic rings. The van der Waals surface area contributed by atoms with Crippen LogP contribution < -0.4 is 9.62 Å². The second kappa shape index (κ2) is 13.2. The van der Waals surface area contributed by atoms with Gasteiger partial charge in [0.2, 0.25) is 11.8 Å². The molecule has 5 rings (SSSR count). The van der Waals surface area contributed by atoms with Crippen molar-refractivity contribution in [3.63, 3.8) is 0 Å². The van der Waals surface area contributed by atoms with Crippen molar-refractivity contribution < 1.29 is 18.0 Å². The second-order valence-electron chi connectivity index (χ2n) is 11.0. The standard InChI is InChI=1S/C34H36ClN3O4S/c1-3-24(2)36-34(40)30(22-25-10-5-4-6-11-25)37(23-26-17-19-28(35)20-18-26)32(39)16-9-21-38-29-14-7-12-27-13-8-15-31(33(27)29)43(38,41)42/h4-8,10-15,17-20,24,30H,3,9,16,21-23H2,1-2H3,(H,36,40)/t24-,30+/m1/s1. The third-order valence-electron chi connectivity index (χ3n) is 7.97. The molecule has 1 N–H and O–H groups in total. The summed E-state index contributed by atoms with van der Waals surface area (Å²) < 4.78 is 28.3. The lowest BCUT2D eigenvalue weighted by atomic mass is 10.0. The zero-order valence-electron chi connectivity index (χ0n) is 24.4. The maximum atomic E-state index is 14.0. The van der Waals surface area contributed by atoms with Gasteiger partial charge in [0.1, 0.15) is 6.04 Å². The Kier molecular flexibility index (Phi) is 9.37. The summed E-state index contributed by atoms with van der Waals surface area (Å²) in [6.45, 7) is 4.31. The van der Waals surface area contributed by atoms with Gasteiger partial charge in [-0.05, 0) is 60.5 Å². The average Bonchev–Trinajstić information content (AvgIpc) is 3.23. The van der Waals surface area contributed by atoms with Gasteiger partial charge in [-0.25, -0.2) is 8.42 Å². The van der Waals surface area contributed by atoms with Crippen molar-refractivity contribution >= 4 is 49.9 Å². The number of halogens is 1.